The Morgan fingerprint density at radius 1 is 0.183 bits per heavy atom. The van der Waals surface area contributed by atoms with E-state index in [1.807, 2.05) is 24.3 Å². The predicted molar refractivity (Wildman–Crippen MR) is 381 cm³/mol. The van der Waals surface area contributed by atoms with Crippen molar-refractivity contribution in [2.75, 3.05) is 19.6 Å². The average molecular weight is 1190 g/mol. The first kappa shape index (κ1) is 51.4. The highest BCUT2D eigenvalue weighted by Gasteiger charge is 2.64. The summed E-state index contributed by atoms with van der Waals surface area (Å²) in [6.07, 6.45) is 0. The summed E-state index contributed by atoms with van der Waals surface area (Å²) in [5.41, 5.74) is 23.7. The van der Waals surface area contributed by atoms with Gasteiger partial charge in [-0.2, -0.15) is 0 Å². The van der Waals surface area contributed by atoms with E-state index >= 15 is 0 Å². The molecule has 2 aliphatic heterocycles. The second-order valence-electron chi connectivity index (χ2n) is 24.2. The minimum atomic E-state index is -1.26. The van der Waals surface area contributed by atoms with Gasteiger partial charge in [0.05, 0.1) is 22.7 Å². The molecule has 93 heavy (non-hydrogen) atoms. The zero-order chi connectivity index (χ0) is 60.9. The monoisotopic (exact) mass is 1190 g/mol. The molecule has 8 heteroatoms. The summed E-state index contributed by atoms with van der Waals surface area (Å²) >= 11 is 0. The van der Waals surface area contributed by atoms with Crippen LogP contribution >= 0.6 is 0 Å². The summed E-state index contributed by atoms with van der Waals surface area (Å²) in [6.45, 7) is 0. The first-order chi connectivity index (χ1) is 46.1. The van der Waals surface area contributed by atoms with Gasteiger partial charge in [0.15, 0.2) is 0 Å². The van der Waals surface area contributed by atoms with Gasteiger partial charge in [-0.1, -0.05) is 194 Å². The highest BCUT2D eigenvalue weighted by atomic mass is 16.3. The van der Waals surface area contributed by atoms with Crippen molar-refractivity contribution < 1.29 is 17.7 Å². The summed E-state index contributed by atoms with van der Waals surface area (Å²) in [5.74, 6) is -1.26. The van der Waals surface area contributed by atoms with Crippen LogP contribution in [0.2, 0.25) is 0 Å². The lowest BCUT2D eigenvalue weighted by Gasteiger charge is -2.53. The lowest BCUT2D eigenvalue weighted by Crippen LogP contribution is -2.70. The Kier molecular flexibility index (Phi) is 10.9. The van der Waals surface area contributed by atoms with Crippen LogP contribution in [0.3, 0.4) is 0 Å². The van der Waals surface area contributed by atoms with Gasteiger partial charge in [0.2, 0.25) is 0 Å². The van der Waals surface area contributed by atoms with E-state index in [1.54, 1.807) is 0 Å². The molecule has 14 aromatic carbocycles. The molecule has 0 atom stereocenters. The van der Waals surface area contributed by atoms with Crippen LogP contribution in [0.1, 0.15) is 0 Å². The van der Waals surface area contributed by atoms with Gasteiger partial charge in [-0.15, -0.1) is 0 Å². The van der Waals surface area contributed by atoms with Crippen molar-refractivity contribution in [3.8, 4) is 44.5 Å². The Labute approximate surface area is 533 Å². The van der Waals surface area contributed by atoms with Gasteiger partial charge in [-0.05, 0) is 166 Å². The molecule has 0 aliphatic carbocycles. The molecule has 0 radical (unpaired) electrons. The van der Waals surface area contributed by atoms with Crippen LogP contribution in [-0.2, 0) is 0 Å². The molecule has 436 valence electrons. The van der Waals surface area contributed by atoms with Crippen molar-refractivity contribution in [1.82, 2.24) is 0 Å². The molecule has 18 aromatic rings. The van der Waals surface area contributed by atoms with Gasteiger partial charge in [-0.25, -0.2) is 0 Å². The number of hydrogen-bond acceptors (Lipinski definition) is 8. The van der Waals surface area contributed by atoms with Crippen molar-refractivity contribution in [2.24, 2.45) is 0 Å². The molecule has 0 saturated heterocycles. The fourth-order valence-electron chi connectivity index (χ4n) is 15.4. The highest BCUT2D eigenvalue weighted by molar-refractivity contribution is 6.16. The molecule has 0 N–H and O–H groups in total. The lowest BCUT2D eigenvalue weighted by atomic mass is 9.98. The molecule has 8 nitrogen and oxygen atoms in total. The number of benzene rings is 14. The maximum atomic E-state index is 6.47. The minimum Gasteiger partial charge on any atom is -0.456 e. The summed E-state index contributed by atoms with van der Waals surface area (Å²) in [7, 11) is 0. The Bertz CT molecular complexity index is 5290. The lowest BCUT2D eigenvalue weighted by molar-refractivity contribution is 0.479. The van der Waals surface area contributed by atoms with Gasteiger partial charge >= 0.3 is 0 Å². The normalized spacial score (nSPS) is 13.6. The van der Waals surface area contributed by atoms with E-state index in [1.165, 1.54) is 0 Å². The molecule has 4 aromatic heterocycles. The average Bonchev–Trinajstić information content (AvgIpc) is 1.50. The number of anilines is 8. The molecule has 0 amide bonds. The standard InChI is InChI=1S/C85H52N4O4/c1-9-29-73-65(17-1)81-61(21-13-33-77(81)90-73)53-37-45-57(46-38-53)86-69-25-5-6-26-70(69)87(58-47-39-54(40-48-58)62-22-14-34-78-82(62)66-18-2-10-30-74(66)91-78)85(86)88(59-49-41-55(42-50-59)63-23-15-35-79-83(63)67-19-3-11-31-75(67)92-79)71-27-7-8-28-72(71)89(85)60-51-43-56(44-52-60)64-24-16-36-80-84(64)68-20-4-12-32-76(68)93-80/h1-52H. The van der Waals surface area contributed by atoms with Crippen molar-refractivity contribution >= 4 is 133 Å². The second kappa shape index (κ2) is 19.7. The van der Waals surface area contributed by atoms with Gasteiger partial charge in [0.25, 0.3) is 5.91 Å². The zero-order valence-corrected chi connectivity index (χ0v) is 49.9. The molecular formula is C85H52N4O4. The van der Waals surface area contributed by atoms with E-state index in [2.05, 4.69) is 311 Å². The van der Waals surface area contributed by atoms with E-state index in [0.29, 0.717) is 0 Å². The number of furan rings is 4. The van der Waals surface area contributed by atoms with Gasteiger partial charge in [0, 0.05) is 65.8 Å². The Hall–Kier alpha value is -12.5. The van der Waals surface area contributed by atoms with Crippen LogP contribution in [0, 0.1) is 0 Å². The molecule has 1 spiro atoms. The van der Waals surface area contributed by atoms with Crippen LogP contribution in [0.25, 0.3) is 132 Å². The Morgan fingerprint density at radius 2 is 0.387 bits per heavy atom. The SMILES string of the molecule is c1ccc2c(c1)N(c1ccc(-c3cccc4oc5ccccc5c34)cc1)C1(N2c2ccc(-c3cccc4oc5ccccc5c34)cc2)N(c2ccc(-c3cccc4oc5ccccc5c34)cc2)c2ccccc2N1c1ccc(-c2cccc3oc4ccccc4c23)cc1. The third-order valence-electron chi connectivity index (χ3n) is 19.3. The largest absolute Gasteiger partial charge is 0.456 e. The van der Waals surface area contributed by atoms with Gasteiger partial charge in [-0.3, -0.25) is 19.6 Å². The highest BCUT2D eigenvalue weighted by Crippen LogP contribution is 2.65. The molecule has 0 unspecified atom stereocenters. The maximum Gasteiger partial charge on any atom is 0.295 e. The number of fused-ring (bicyclic) bond motifs is 14. The Morgan fingerprint density at radius 3 is 0.624 bits per heavy atom. The molecule has 6 heterocycles. The molecular weight excluding hydrogens is 1140 g/mol. The number of para-hydroxylation sites is 8. The third-order valence-corrected chi connectivity index (χ3v) is 19.3. The maximum absolute atomic E-state index is 6.47. The quantitative estimate of drug-likeness (QED) is 0.149. The number of rotatable bonds is 8. The first-order valence-electron chi connectivity index (χ1n) is 31.5. The predicted octanol–water partition coefficient (Wildman–Crippen LogP) is 23.8. The Balaban J connectivity index is 0.838. The van der Waals surface area contributed by atoms with E-state index in [9.17, 15) is 0 Å². The summed E-state index contributed by atoms with van der Waals surface area (Å²) in [4.78, 5) is 10.2. The fourth-order valence-corrected chi connectivity index (χ4v) is 15.4. The topological polar surface area (TPSA) is 65.5 Å². The van der Waals surface area contributed by atoms with Crippen molar-refractivity contribution in [1.29, 1.82) is 0 Å². The number of nitrogens with zero attached hydrogens (tertiary/aromatic N) is 4. The van der Waals surface area contributed by atoms with E-state index in [-0.39, 0.29) is 0 Å². The smallest absolute Gasteiger partial charge is 0.295 e. The third kappa shape index (κ3) is 7.43. The molecule has 20 rings (SSSR count). The second-order valence-corrected chi connectivity index (χ2v) is 24.2. The first-order valence-corrected chi connectivity index (χ1v) is 31.5. The van der Waals surface area contributed by atoms with Crippen LogP contribution in [0.4, 0.5) is 45.5 Å². The number of hydrogen-bond donors (Lipinski definition) is 0. The molecule has 0 bridgehead atoms. The minimum absolute atomic E-state index is 0.860. The van der Waals surface area contributed by atoms with E-state index < -0.39 is 5.91 Å². The van der Waals surface area contributed by atoms with Crippen LogP contribution in [-0.4, -0.2) is 5.91 Å². The van der Waals surface area contributed by atoms with Crippen LogP contribution in [0.5, 0.6) is 0 Å². The van der Waals surface area contributed by atoms with E-state index in [4.69, 9.17) is 17.7 Å². The van der Waals surface area contributed by atoms with Crippen molar-refractivity contribution in [3.05, 3.63) is 315 Å². The van der Waals surface area contributed by atoms with Crippen LogP contribution in [0.15, 0.2) is 333 Å². The molecule has 0 saturated carbocycles. The van der Waals surface area contributed by atoms with Crippen LogP contribution < -0.4 is 19.6 Å². The van der Waals surface area contributed by atoms with Gasteiger partial charge < -0.3 is 17.7 Å². The van der Waals surface area contributed by atoms with E-state index in [0.717, 1.165) is 178 Å². The summed E-state index contributed by atoms with van der Waals surface area (Å²) in [6, 6.07) is 113. The molecule has 2 aliphatic rings. The van der Waals surface area contributed by atoms with Gasteiger partial charge in [0.1, 0.15) is 44.7 Å². The summed E-state index contributed by atoms with van der Waals surface area (Å²) < 4.78 is 25.9. The van der Waals surface area contributed by atoms with Crippen molar-refractivity contribution in [3.63, 3.8) is 0 Å². The summed E-state index contributed by atoms with van der Waals surface area (Å²) in [5, 5.41) is 8.75. The molecule has 0 fully saturated rings. The fraction of sp³-hybridized carbons (Fsp3) is 0.0118. The zero-order valence-electron chi connectivity index (χ0n) is 49.9. The van der Waals surface area contributed by atoms with Crippen molar-refractivity contribution in [2.45, 2.75) is 5.91 Å².